The van der Waals surface area contributed by atoms with E-state index in [1.165, 1.54) is 18.3 Å². The minimum Gasteiger partial charge on any atom is -0.302 e. The van der Waals surface area contributed by atoms with Crippen LogP contribution in [0.3, 0.4) is 0 Å². The van der Waals surface area contributed by atoms with Gasteiger partial charge in [-0.2, -0.15) is 0 Å². The first-order valence-corrected chi connectivity index (χ1v) is 6.47. The van der Waals surface area contributed by atoms with E-state index in [9.17, 15) is 9.59 Å². The number of rotatable bonds is 3. The monoisotopic (exact) mass is 250 g/mol. The van der Waals surface area contributed by atoms with E-state index in [2.05, 4.69) is 16.4 Å². The highest BCUT2D eigenvalue weighted by molar-refractivity contribution is 7.14. The lowest BCUT2D eigenvalue weighted by Crippen LogP contribution is -2.23. The van der Waals surface area contributed by atoms with Gasteiger partial charge in [0.2, 0.25) is 5.91 Å². The molecule has 1 N–H and O–H groups in total. The topological polar surface area (TPSA) is 59.1 Å². The molecular formula is C12H14N2O2S. The van der Waals surface area contributed by atoms with E-state index in [0.29, 0.717) is 10.8 Å². The molecule has 5 heteroatoms. The van der Waals surface area contributed by atoms with Gasteiger partial charge in [-0.1, -0.05) is 12.2 Å². The third-order valence-electron chi connectivity index (χ3n) is 2.73. The van der Waals surface area contributed by atoms with E-state index in [1.54, 1.807) is 5.38 Å². The number of allylic oxidation sites excluding steroid dienone is 2. The Morgan fingerprint density at radius 3 is 2.88 bits per heavy atom. The Morgan fingerprint density at radius 2 is 2.29 bits per heavy atom. The van der Waals surface area contributed by atoms with Crippen LogP contribution in [0.25, 0.3) is 0 Å². The van der Waals surface area contributed by atoms with E-state index in [-0.39, 0.29) is 17.6 Å². The first-order valence-electron chi connectivity index (χ1n) is 5.59. The molecule has 1 amide bonds. The van der Waals surface area contributed by atoms with Crippen LogP contribution in [0.15, 0.2) is 17.5 Å². The van der Waals surface area contributed by atoms with Crippen LogP contribution in [0.2, 0.25) is 0 Å². The number of carbonyl (C=O) groups is 2. The second-order valence-electron chi connectivity index (χ2n) is 4.06. The van der Waals surface area contributed by atoms with Crippen molar-refractivity contribution in [2.75, 3.05) is 5.32 Å². The lowest BCUT2D eigenvalue weighted by Gasteiger charge is -2.15. The first-order chi connectivity index (χ1) is 8.16. The van der Waals surface area contributed by atoms with Gasteiger partial charge in [0, 0.05) is 18.2 Å². The van der Waals surface area contributed by atoms with Crippen molar-refractivity contribution in [1.29, 1.82) is 0 Å². The maximum Gasteiger partial charge on any atom is 0.229 e. The Kier molecular flexibility index (Phi) is 3.68. The Hall–Kier alpha value is -1.49. The molecule has 1 heterocycles. The third kappa shape index (κ3) is 3.00. The molecule has 0 bridgehead atoms. The lowest BCUT2D eigenvalue weighted by atomic mass is 9.94. The van der Waals surface area contributed by atoms with E-state index in [4.69, 9.17) is 0 Å². The average Bonchev–Trinajstić information content (AvgIpc) is 2.79. The number of nitrogens with one attached hydrogen (secondary N) is 1. The predicted octanol–water partition coefficient (Wildman–Crippen LogP) is 2.64. The molecule has 90 valence electrons. The maximum absolute atomic E-state index is 11.9. The van der Waals surface area contributed by atoms with Crippen LogP contribution in [0.4, 0.5) is 5.13 Å². The van der Waals surface area contributed by atoms with Gasteiger partial charge in [0.05, 0.1) is 0 Å². The molecule has 0 radical (unpaired) electrons. The number of hydrogen-bond donors (Lipinski definition) is 1. The number of Topliss-reactive ketones (excluding diaryl/α,β-unsaturated/α-hetero) is 1. The van der Waals surface area contributed by atoms with Crippen LogP contribution in [-0.4, -0.2) is 16.7 Å². The molecule has 2 rings (SSSR count). The van der Waals surface area contributed by atoms with Crippen molar-refractivity contribution in [2.24, 2.45) is 5.92 Å². The summed E-state index contributed by atoms with van der Waals surface area (Å²) in [5.74, 6) is -0.0502. The van der Waals surface area contributed by atoms with Gasteiger partial charge in [0.15, 0.2) is 10.9 Å². The average molecular weight is 250 g/mol. The summed E-state index contributed by atoms with van der Waals surface area (Å²) in [5, 5.41) is 4.94. The quantitative estimate of drug-likeness (QED) is 0.662. The minimum atomic E-state index is -0.0812. The molecule has 17 heavy (non-hydrogen) atoms. The third-order valence-corrected chi connectivity index (χ3v) is 3.49. The SMILES string of the molecule is CC(=O)c1csc(NC(=O)[C@H]2CC=CCC2)n1. The van der Waals surface area contributed by atoms with Crippen molar-refractivity contribution in [1.82, 2.24) is 4.98 Å². The Bertz CT molecular complexity index is 465. The summed E-state index contributed by atoms with van der Waals surface area (Å²) in [6.07, 6.45) is 6.76. The van der Waals surface area contributed by atoms with Crippen molar-refractivity contribution in [3.8, 4) is 0 Å². The predicted molar refractivity (Wildman–Crippen MR) is 67.2 cm³/mol. The summed E-state index contributed by atoms with van der Waals surface area (Å²) in [6, 6.07) is 0. The Labute approximate surface area is 104 Å². The summed E-state index contributed by atoms with van der Waals surface area (Å²) in [5.41, 5.74) is 0.411. The fourth-order valence-electron chi connectivity index (χ4n) is 1.73. The number of amides is 1. The van der Waals surface area contributed by atoms with Crippen LogP contribution >= 0.6 is 11.3 Å². The number of anilines is 1. The zero-order chi connectivity index (χ0) is 12.3. The summed E-state index contributed by atoms with van der Waals surface area (Å²) >= 11 is 1.29. The second kappa shape index (κ2) is 5.23. The molecule has 1 aliphatic rings. The standard InChI is InChI=1S/C12H14N2O2S/c1-8(15)10-7-17-12(13-10)14-11(16)9-5-3-2-4-6-9/h2-3,7,9H,4-6H2,1H3,(H,13,14,16)/t9-/m0/s1. The normalized spacial score (nSPS) is 19.0. The molecule has 1 aliphatic carbocycles. The summed E-state index contributed by atoms with van der Waals surface area (Å²) in [4.78, 5) is 27.0. The molecule has 0 aliphatic heterocycles. The molecule has 0 saturated carbocycles. The summed E-state index contributed by atoms with van der Waals surface area (Å²) < 4.78 is 0. The lowest BCUT2D eigenvalue weighted by molar-refractivity contribution is -0.120. The molecule has 1 atom stereocenters. The fraction of sp³-hybridized carbons (Fsp3) is 0.417. The van der Waals surface area contributed by atoms with Crippen molar-refractivity contribution < 1.29 is 9.59 Å². The fourth-order valence-corrected chi connectivity index (χ4v) is 2.48. The first kappa shape index (κ1) is 12.0. The minimum absolute atomic E-state index is 0.00111. The van der Waals surface area contributed by atoms with Crippen molar-refractivity contribution >= 4 is 28.2 Å². The molecule has 0 aromatic carbocycles. The van der Waals surface area contributed by atoms with Crippen LogP contribution in [0, 0.1) is 5.92 Å². The van der Waals surface area contributed by atoms with Crippen LogP contribution in [-0.2, 0) is 4.79 Å². The largest absolute Gasteiger partial charge is 0.302 e. The highest BCUT2D eigenvalue weighted by Gasteiger charge is 2.19. The molecule has 0 unspecified atom stereocenters. The Balaban J connectivity index is 1.97. The number of thiazole rings is 1. The van der Waals surface area contributed by atoms with E-state index in [1.807, 2.05) is 6.08 Å². The molecule has 1 aromatic rings. The number of hydrogen-bond acceptors (Lipinski definition) is 4. The van der Waals surface area contributed by atoms with Gasteiger partial charge in [-0.15, -0.1) is 11.3 Å². The van der Waals surface area contributed by atoms with Gasteiger partial charge >= 0.3 is 0 Å². The molecule has 4 nitrogen and oxygen atoms in total. The summed E-state index contributed by atoms with van der Waals surface area (Å²) in [6.45, 7) is 1.46. The van der Waals surface area contributed by atoms with Crippen molar-refractivity contribution in [3.63, 3.8) is 0 Å². The number of carbonyl (C=O) groups excluding carboxylic acids is 2. The highest BCUT2D eigenvalue weighted by atomic mass is 32.1. The van der Waals surface area contributed by atoms with Gasteiger partial charge in [-0.05, 0) is 19.3 Å². The Morgan fingerprint density at radius 1 is 1.47 bits per heavy atom. The van der Waals surface area contributed by atoms with E-state index >= 15 is 0 Å². The number of ketones is 1. The zero-order valence-corrected chi connectivity index (χ0v) is 10.4. The molecule has 0 spiro atoms. The van der Waals surface area contributed by atoms with Gasteiger partial charge in [0.1, 0.15) is 5.69 Å². The van der Waals surface area contributed by atoms with Gasteiger partial charge in [-0.3, -0.25) is 9.59 Å². The van der Waals surface area contributed by atoms with Crippen LogP contribution < -0.4 is 5.32 Å². The van der Waals surface area contributed by atoms with Gasteiger partial charge in [0.25, 0.3) is 0 Å². The number of aromatic nitrogens is 1. The van der Waals surface area contributed by atoms with Crippen LogP contribution in [0.1, 0.15) is 36.7 Å². The molecular weight excluding hydrogens is 236 g/mol. The molecule has 0 saturated heterocycles. The van der Waals surface area contributed by atoms with Gasteiger partial charge in [-0.25, -0.2) is 4.98 Å². The highest BCUT2D eigenvalue weighted by Crippen LogP contribution is 2.22. The molecule has 0 fully saturated rings. The van der Waals surface area contributed by atoms with Crippen molar-refractivity contribution in [3.05, 3.63) is 23.2 Å². The summed E-state index contributed by atoms with van der Waals surface area (Å²) in [7, 11) is 0. The van der Waals surface area contributed by atoms with Crippen molar-refractivity contribution in [2.45, 2.75) is 26.2 Å². The molecule has 1 aromatic heterocycles. The maximum atomic E-state index is 11.9. The van der Waals surface area contributed by atoms with E-state index in [0.717, 1.165) is 19.3 Å². The smallest absolute Gasteiger partial charge is 0.229 e. The van der Waals surface area contributed by atoms with Crippen LogP contribution in [0.5, 0.6) is 0 Å². The zero-order valence-electron chi connectivity index (χ0n) is 9.60. The second-order valence-corrected chi connectivity index (χ2v) is 4.92. The number of nitrogens with zero attached hydrogens (tertiary/aromatic N) is 1. The van der Waals surface area contributed by atoms with Gasteiger partial charge < -0.3 is 5.32 Å². The van der Waals surface area contributed by atoms with E-state index < -0.39 is 0 Å².